The lowest BCUT2D eigenvalue weighted by Crippen LogP contribution is -2.15. The molecule has 0 aliphatic carbocycles. The highest BCUT2D eigenvalue weighted by atomic mass is 16.5. The first-order valence-electron chi connectivity index (χ1n) is 8.76. The summed E-state index contributed by atoms with van der Waals surface area (Å²) in [7, 11) is 3.09. The van der Waals surface area contributed by atoms with E-state index in [-0.39, 0.29) is 11.6 Å². The summed E-state index contributed by atoms with van der Waals surface area (Å²) in [5.41, 5.74) is 2.15. The molecule has 2 aromatic carbocycles. The van der Waals surface area contributed by atoms with Crippen LogP contribution in [-0.2, 0) is 0 Å². The molecular formula is C20H22N4O4. The highest BCUT2D eigenvalue weighted by Crippen LogP contribution is 2.29. The van der Waals surface area contributed by atoms with Crippen LogP contribution in [0.15, 0.2) is 42.5 Å². The highest BCUT2D eigenvalue weighted by molar-refractivity contribution is 6.04. The molecule has 0 radical (unpaired) electrons. The van der Waals surface area contributed by atoms with Crippen LogP contribution in [-0.4, -0.2) is 41.7 Å². The fourth-order valence-corrected chi connectivity index (χ4v) is 2.72. The molecule has 8 nitrogen and oxygen atoms in total. The number of benzene rings is 2. The van der Waals surface area contributed by atoms with Crippen LogP contribution in [0.5, 0.6) is 17.2 Å². The second kappa shape index (κ2) is 8.43. The average molecular weight is 382 g/mol. The number of aromatic nitrogens is 3. The maximum Gasteiger partial charge on any atom is 0.278 e. The second-order valence-corrected chi connectivity index (χ2v) is 5.88. The molecule has 8 heteroatoms. The third kappa shape index (κ3) is 3.90. The van der Waals surface area contributed by atoms with Crippen molar-refractivity contribution in [1.82, 2.24) is 15.0 Å². The maximum atomic E-state index is 12.7. The van der Waals surface area contributed by atoms with Gasteiger partial charge in [0.2, 0.25) is 0 Å². The van der Waals surface area contributed by atoms with Crippen molar-refractivity contribution in [3.63, 3.8) is 0 Å². The number of nitrogens with zero attached hydrogens (tertiary/aromatic N) is 3. The van der Waals surface area contributed by atoms with Gasteiger partial charge in [0.25, 0.3) is 5.91 Å². The Balaban J connectivity index is 1.82. The Kier molecular flexibility index (Phi) is 5.78. The van der Waals surface area contributed by atoms with E-state index in [0.717, 1.165) is 11.4 Å². The summed E-state index contributed by atoms with van der Waals surface area (Å²) >= 11 is 0. The van der Waals surface area contributed by atoms with E-state index in [1.165, 1.54) is 7.11 Å². The topological polar surface area (TPSA) is 87.5 Å². The summed E-state index contributed by atoms with van der Waals surface area (Å²) in [6.45, 7) is 4.32. The number of carbonyl (C=O) groups excluding carboxylic acids is 1. The average Bonchev–Trinajstić information content (AvgIpc) is 3.10. The van der Waals surface area contributed by atoms with E-state index >= 15 is 0 Å². The first kappa shape index (κ1) is 19.2. The van der Waals surface area contributed by atoms with Gasteiger partial charge in [0.1, 0.15) is 17.2 Å². The van der Waals surface area contributed by atoms with Gasteiger partial charge in [-0.05, 0) is 50.2 Å². The fourth-order valence-electron chi connectivity index (χ4n) is 2.72. The summed E-state index contributed by atoms with van der Waals surface area (Å²) in [6, 6.07) is 12.6. The molecule has 1 aromatic heterocycles. The van der Waals surface area contributed by atoms with Crippen molar-refractivity contribution in [3.8, 4) is 22.9 Å². The van der Waals surface area contributed by atoms with E-state index in [4.69, 9.17) is 14.2 Å². The number of ether oxygens (including phenoxy) is 3. The number of methoxy groups -OCH3 is 2. The van der Waals surface area contributed by atoms with E-state index in [9.17, 15) is 4.79 Å². The monoisotopic (exact) mass is 382 g/mol. The first-order valence-corrected chi connectivity index (χ1v) is 8.76. The van der Waals surface area contributed by atoms with Gasteiger partial charge in [-0.15, -0.1) is 5.10 Å². The minimum atomic E-state index is -0.377. The summed E-state index contributed by atoms with van der Waals surface area (Å²) in [5.74, 6) is 1.52. The predicted molar refractivity (Wildman–Crippen MR) is 105 cm³/mol. The fraction of sp³-hybridized carbons (Fsp3) is 0.250. The van der Waals surface area contributed by atoms with Crippen molar-refractivity contribution in [2.24, 2.45) is 0 Å². The van der Waals surface area contributed by atoms with Crippen molar-refractivity contribution >= 4 is 11.6 Å². The number of carbonyl (C=O) groups is 1. The van der Waals surface area contributed by atoms with Crippen LogP contribution < -0.4 is 19.5 Å². The molecule has 1 N–H and O–H groups in total. The van der Waals surface area contributed by atoms with Crippen molar-refractivity contribution < 1.29 is 19.0 Å². The molecule has 0 spiro atoms. The van der Waals surface area contributed by atoms with Crippen LogP contribution in [0.3, 0.4) is 0 Å². The van der Waals surface area contributed by atoms with Gasteiger partial charge < -0.3 is 19.5 Å². The van der Waals surface area contributed by atoms with E-state index in [2.05, 4.69) is 15.6 Å². The molecule has 3 aromatic rings. The number of rotatable bonds is 7. The molecule has 0 aliphatic heterocycles. The Labute approximate surface area is 163 Å². The van der Waals surface area contributed by atoms with E-state index in [0.29, 0.717) is 29.5 Å². The molecule has 28 heavy (non-hydrogen) atoms. The van der Waals surface area contributed by atoms with Gasteiger partial charge in [-0.1, -0.05) is 5.21 Å². The molecule has 0 fully saturated rings. The van der Waals surface area contributed by atoms with Gasteiger partial charge in [-0.3, -0.25) is 4.79 Å². The van der Waals surface area contributed by atoms with Gasteiger partial charge in [0, 0.05) is 6.07 Å². The largest absolute Gasteiger partial charge is 0.497 e. The normalized spacial score (nSPS) is 10.4. The minimum absolute atomic E-state index is 0.228. The van der Waals surface area contributed by atoms with Gasteiger partial charge in [0.05, 0.1) is 37.9 Å². The van der Waals surface area contributed by atoms with E-state index in [1.807, 2.05) is 31.2 Å². The van der Waals surface area contributed by atoms with Gasteiger partial charge >= 0.3 is 0 Å². The van der Waals surface area contributed by atoms with Crippen molar-refractivity contribution in [2.45, 2.75) is 13.8 Å². The summed E-state index contributed by atoms with van der Waals surface area (Å²) < 4.78 is 17.5. The number of hydrogen-bond acceptors (Lipinski definition) is 6. The molecule has 3 rings (SSSR count). The molecule has 0 unspecified atom stereocenters. The lowest BCUT2D eigenvalue weighted by atomic mass is 10.2. The summed E-state index contributed by atoms with van der Waals surface area (Å²) in [4.78, 5) is 12.7. The Hall–Kier alpha value is -3.55. The van der Waals surface area contributed by atoms with Crippen LogP contribution >= 0.6 is 0 Å². The first-order chi connectivity index (χ1) is 13.6. The Morgan fingerprint density at radius 2 is 1.79 bits per heavy atom. The second-order valence-electron chi connectivity index (χ2n) is 5.88. The molecular weight excluding hydrogens is 360 g/mol. The molecule has 146 valence electrons. The number of amides is 1. The quantitative estimate of drug-likeness (QED) is 0.675. The summed E-state index contributed by atoms with van der Waals surface area (Å²) in [6.07, 6.45) is 0. The van der Waals surface area contributed by atoms with Crippen LogP contribution in [0.1, 0.15) is 23.1 Å². The molecule has 0 saturated carbocycles. The third-order valence-electron chi connectivity index (χ3n) is 4.16. The third-order valence-corrected chi connectivity index (χ3v) is 4.16. The van der Waals surface area contributed by atoms with Crippen molar-refractivity contribution in [2.75, 3.05) is 26.1 Å². The SMILES string of the molecule is CCOc1ccc(-n2nnc(C(=O)Nc3ccc(OC)cc3OC)c2C)cc1. The Bertz CT molecular complexity index is 967. The molecule has 0 bridgehead atoms. The maximum absolute atomic E-state index is 12.7. The van der Waals surface area contributed by atoms with Crippen LogP contribution in [0.4, 0.5) is 5.69 Å². The molecule has 1 amide bonds. The van der Waals surface area contributed by atoms with Gasteiger partial charge in [-0.25, -0.2) is 4.68 Å². The lowest BCUT2D eigenvalue weighted by Gasteiger charge is -2.11. The zero-order chi connectivity index (χ0) is 20.1. The van der Waals surface area contributed by atoms with Gasteiger partial charge in [-0.2, -0.15) is 0 Å². The molecule has 1 heterocycles. The smallest absolute Gasteiger partial charge is 0.278 e. The van der Waals surface area contributed by atoms with Crippen molar-refractivity contribution in [1.29, 1.82) is 0 Å². The van der Waals surface area contributed by atoms with Crippen LogP contribution in [0.25, 0.3) is 5.69 Å². The zero-order valence-corrected chi connectivity index (χ0v) is 16.2. The molecule has 0 saturated heterocycles. The summed E-state index contributed by atoms with van der Waals surface area (Å²) in [5, 5.41) is 11.0. The number of anilines is 1. The lowest BCUT2D eigenvalue weighted by molar-refractivity contribution is 0.102. The van der Waals surface area contributed by atoms with Gasteiger partial charge in [0.15, 0.2) is 5.69 Å². The van der Waals surface area contributed by atoms with E-state index in [1.54, 1.807) is 36.9 Å². The van der Waals surface area contributed by atoms with Crippen molar-refractivity contribution in [3.05, 3.63) is 53.9 Å². The zero-order valence-electron chi connectivity index (χ0n) is 16.2. The minimum Gasteiger partial charge on any atom is -0.497 e. The predicted octanol–water partition coefficient (Wildman–Crippen LogP) is 3.24. The Morgan fingerprint density at radius 1 is 1.07 bits per heavy atom. The molecule has 0 atom stereocenters. The van der Waals surface area contributed by atoms with Crippen LogP contribution in [0.2, 0.25) is 0 Å². The standard InChI is InChI=1S/C20H22N4O4/c1-5-28-15-8-6-14(7-9-15)24-13(2)19(22-23-24)20(25)21-17-11-10-16(26-3)12-18(17)27-4/h6-12H,5H2,1-4H3,(H,21,25). The van der Waals surface area contributed by atoms with Crippen LogP contribution in [0, 0.1) is 6.92 Å². The number of nitrogens with one attached hydrogen (secondary N) is 1. The highest BCUT2D eigenvalue weighted by Gasteiger charge is 2.19. The van der Waals surface area contributed by atoms with E-state index < -0.39 is 0 Å². The molecule has 0 aliphatic rings. The Morgan fingerprint density at radius 3 is 2.43 bits per heavy atom. The number of hydrogen-bond donors (Lipinski definition) is 1.